The predicted molar refractivity (Wildman–Crippen MR) is 144 cm³/mol. The van der Waals surface area contributed by atoms with E-state index in [-0.39, 0.29) is 28.5 Å². The molecule has 1 aliphatic carbocycles. The van der Waals surface area contributed by atoms with E-state index in [1.54, 1.807) is 4.90 Å². The van der Waals surface area contributed by atoms with Crippen LogP contribution in [0.3, 0.4) is 0 Å². The van der Waals surface area contributed by atoms with E-state index in [0.717, 1.165) is 44.6 Å². The van der Waals surface area contributed by atoms with Gasteiger partial charge in [0.15, 0.2) is 0 Å². The molecule has 0 unspecified atom stereocenters. The molecule has 3 heterocycles. The third-order valence-corrected chi connectivity index (χ3v) is 9.47. The first-order valence-corrected chi connectivity index (χ1v) is 15.4. The standard InChI is InChI=1S/C29H35N3O6S/c30-39(35,36)27-5-3-21(4-6-27)28(33)31-14-24-16-32(17-25(24)15-31)29(34)23-11-22(20-1-2-20)12-26(13-23)38-18-19-7-9-37-10-8-19/h3-6,11-13,19-20,24-25H,1-2,7-10,14-18H2,(H2,30,35,36)/t24-,25-/m1/s1. The van der Waals surface area contributed by atoms with Crippen molar-refractivity contribution < 1.29 is 27.5 Å². The Balaban J connectivity index is 1.09. The lowest BCUT2D eigenvalue weighted by molar-refractivity contribution is 0.0497. The van der Waals surface area contributed by atoms with Gasteiger partial charge in [0.1, 0.15) is 5.75 Å². The fourth-order valence-electron chi connectivity index (χ4n) is 6.09. The van der Waals surface area contributed by atoms with Gasteiger partial charge in [-0.15, -0.1) is 0 Å². The molecule has 2 atom stereocenters. The highest BCUT2D eigenvalue weighted by atomic mass is 32.2. The molecule has 1 saturated carbocycles. The average Bonchev–Trinajstić information content (AvgIpc) is 3.61. The van der Waals surface area contributed by atoms with Gasteiger partial charge in [-0.3, -0.25) is 9.59 Å². The summed E-state index contributed by atoms with van der Waals surface area (Å²) in [6.07, 6.45) is 4.31. The maximum absolute atomic E-state index is 13.6. The number of benzene rings is 2. The molecule has 39 heavy (non-hydrogen) atoms. The maximum Gasteiger partial charge on any atom is 0.254 e. The molecule has 3 saturated heterocycles. The van der Waals surface area contributed by atoms with E-state index in [1.165, 1.54) is 29.8 Å². The van der Waals surface area contributed by atoms with Crippen molar-refractivity contribution in [2.45, 2.75) is 36.5 Å². The molecule has 0 radical (unpaired) electrons. The molecule has 3 aliphatic heterocycles. The van der Waals surface area contributed by atoms with Gasteiger partial charge in [-0.1, -0.05) is 0 Å². The first-order chi connectivity index (χ1) is 18.7. The van der Waals surface area contributed by atoms with E-state index in [0.29, 0.717) is 55.7 Å². The number of nitrogens with two attached hydrogens (primary N) is 1. The lowest BCUT2D eigenvalue weighted by atomic mass is 10.0. The van der Waals surface area contributed by atoms with E-state index in [9.17, 15) is 18.0 Å². The lowest BCUT2D eigenvalue weighted by Gasteiger charge is -2.23. The average molecular weight is 554 g/mol. The highest BCUT2D eigenvalue weighted by molar-refractivity contribution is 7.89. The summed E-state index contributed by atoms with van der Waals surface area (Å²) < 4.78 is 34.6. The molecule has 2 amide bonds. The maximum atomic E-state index is 13.6. The second kappa shape index (κ2) is 10.6. The fourth-order valence-corrected chi connectivity index (χ4v) is 6.60. The number of likely N-dealkylation sites (tertiary alicyclic amines) is 2. The van der Waals surface area contributed by atoms with E-state index >= 15 is 0 Å². The van der Waals surface area contributed by atoms with Crippen molar-refractivity contribution in [2.24, 2.45) is 22.9 Å². The normalized spacial score (nSPS) is 23.6. The molecule has 208 valence electrons. The molecule has 0 aromatic heterocycles. The molecule has 9 nitrogen and oxygen atoms in total. The smallest absolute Gasteiger partial charge is 0.254 e. The van der Waals surface area contributed by atoms with Crippen LogP contribution in [0.25, 0.3) is 0 Å². The number of hydrogen-bond donors (Lipinski definition) is 1. The molecular formula is C29H35N3O6S. The number of carbonyl (C=O) groups excluding carboxylic acids is 2. The molecule has 4 aliphatic rings. The molecule has 2 aromatic rings. The highest BCUT2D eigenvalue weighted by Crippen LogP contribution is 2.42. The number of rotatable bonds is 7. The van der Waals surface area contributed by atoms with Gasteiger partial charge in [0, 0.05) is 62.4 Å². The Labute approximate surface area is 229 Å². The van der Waals surface area contributed by atoms with Crippen LogP contribution >= 0.6 is 0 Å². The van der Waals surface area contributed by atoms with Crippen molar-refractivity contribution in [3.8, 4) is 5.75 Å². The number of amides is 2. The van der Waals surface area contributed by atoms with Crippen LogP contribution in [0.4, 0.5) is 0 Å². The Bertz CT molecular complexity index is 1340. The predicted octanol–water partition coefficient (Wildman–Crippen LogP) is 2.86. The molecular weight excluding hydrogens is 518 g/mol. The number of primary sulfonamides is 1. The first kappa shape index (κ1) is 26.3. The third-order valence-electron chi connectivity index (χ3n) is 8.54. The van der Waals surface area contributed by atoms with Gasteiger partial charge in [-0.2, -0.15) is 0 Å². The Morgan fingerprint density at radius 3 is 2.00 bits per heavy atom. The van der Waals surface area contributed by atoms with E-state index in [1.807, 2.05) is 17.0 Å². The molecule has 2 N–H and O–H groups in total. The van der Waals surface area contributed by atoms with Gasteiger partial charge in [-0.05, 0) is 85.5 Å². The van der Waals surface area contributed by atoms with Crippen molar-refractivity contribution in [3.05, 3.63) is 59.2 Å². The van der Waals surface area contributed by atoms with Crippen molar-refractivity contribution in [1.82, 2.24) is 9.80 Å². The minimum Gasteiger partial charge on any atom is -0.493 e. The topological polar surface area (TPSA) is 119 Å². The Kier molecular flexibility index (Phi) is 7.11. The number of ether oxygens (including phenoxy) is 2. The Hall–Kier alpha value is -2.95. The van der Waals surface area contributed by atoms with Crippen LogP contribution in [-0.2, 0) is 14.8 Å². The quantitative estimate of drug-likeness (QED) is 0.563. The minimum absolute atomic E-state index is 0.0191. The third kappa shape index (κ3) is 5.83. The summed E-state index contributed by atoms with van der Waals surface area (Å²) in [6.45, 7) is 4.59. The van der Waals surface area contributed by atoms with Crippen molar-refractivity contribution >= 4 is 21.8 Å². The number of fused-ring (bicyclic) bond motifs is 1. The van der Waals surface area contributed by atoms with Crippen LogP contribution in [0.15, 0.2) is 47.4 Å². The van der Waals surface area contributed by atoms with Gasteiger partial charge < -0.3 is 19.3 Å². The summed E-state index contributed by atoms with van der Waals surface area (Å²) in [5.74, 6) is 2.11. The molecule has 0 spiro atoms. The van der Waals surface area contributed by atoms with Crippen LogP contribution in [-0.4, -0.2) is 76.0 Å². The molecule has 10 heteroatoms. The molecule has 6 rings (SSSR count). The van der Waals surface area contributed by atoms with Crippen LogP contribution in [0.5, 0.6) is 5.75 Å². The van der Waals surface area contributed by atoms with Crippen molar-refractivity contribution in [1.29, 1.82) is 0 Å². The zero-order chi connectivity index (χ0) is 27.1. The summed E-state index contributed by atoms with van der Waals surface area (Å²) in [5.41, 5.74) is 2.30. The number of carbonyl (C=O) groups is 2. The van der Waals surface area contributed by atoms with Gasteiger partial charge in [0.05, 0.1) is 11.5 Å². The Morgan fingerprint density at radius 1 is 0.846 bits per heavy atom. The zero-order valence-corrected chi connectivity index (χ0v) is 22.8. The summed E-state index contributed by atoms with van der Waals surface area (Å²) in [7, 11) is -3.80. The largest absolute Gasteiger partial charge is 0.493 e. The van der Waals surface area contributed by atoms with Crippen molar-refractivity contribution in [3.63, 3.8) is 0 Å². The van der Waals surface area contributed by atoms with Gasteiger partial charge in [0.25, 0.3) is 11.8 Å². The molecule has 2 aromatic carbocycles. The second-order valence-corrected chi connectivity index (χ2v) is 13.0. The van der Waals surface area contributed by atoms with Gasteiger partial charge in [0.2, 0.25) is 10.0 Å². The number of nitrogens with zero attached hydrogens (tertiary/aromatic N) is 2. The van der Waals surface area contributed by atoms with Crippen LogP contribution in [0, 0.1) is 17.8 Å². The summed E-state index contributed by atoms with van der Waals surface area (Å²) in [5, 5.41) is 5.16. The van der Waals surface area contributed by atoms with E-state index in [2.05, 4.69) is 6.07 Å². The van der Waals surface area contributed by atoms with Crippen LogP contribution in [0.1, 0.15) is 57.9 Å². The SMILES string of the molecule is NS(=O)(=O)c1ccc(C(=O)N2C[C@@H]3CN(C(=O)c4cc(OCC5CCOCC5)cc(C5CC5)c4)C[C@H]3C2)cc1. The monoisotopic (exact) mass is 553 g/mol. The molecule has 4 fully saturated rings. The second-order valence-electron chi connectivity index (χ2n) is 11.4. The van der Waals surface area contributed by atoms with E-state index in [4.69, 9.17) is 14.6 Å². The van der Waals surface area contributed by atoms with Crippen molar-refractivity contribution in [2.75, 3.05) is 46.0 Å². The summed E-state index contributed by atoms with van der Waals surface area (Å²) in [6, 6.07) is 11.8. The number of sulfonamides is 1. The Morgan fingerprint density at radius 2 is 1.44 bits per heavy atom. The lowest BCUT2D eigenvalue weighted by Crippen LogP contribution is -2.35. The van der Waals surface area contributed by atoms with Gasteiger partial charge >= 0.3 is 0 Å². The van der Waals surface area contributed by atoms with E-state index < -0.39 is 10.0 Å². The number of hydrogen-bond acceptors (Lipinski definition) is 6. The summed E-state index contributed by atoms with van der Waals surface area (Å²) in [4.78, 5) is 30.3. The fraction of sp³-hybridized carbons (Fsp3) is 0.517. The zero-order valence-electron chi connectivity index (χ0n) is 22.0. The molecule has 0 bridgehead atoms. The summed E-state index contributed by atoms with van der Waals surface area (Å²) >= 11 is 0. The van der Waals surface area contributed by atoms with Crippen LogP contribution < -0.4 is 9.88 Å². The van der Waals surface area contributed by atoms with Gasteiger partial charge in [-0.25, -0.2) is 13.6 Å². The highest BCUT2D eigenvalue weighted by Gasteiger charge is 2.43. The first-order valence-electron chi connectivity index (χ1n) is 13.8. The minimum atomic E-state index is -3.80. The van der Waals surface area contributed by atoms with Crippen LogP contribution in [0.2, 0.25) is 0 Å².